The van der Waals surface area contributed by atoms with E-state index in [1.54, 1.807) is 4.90 Å². The van der Waals surface area contributed by atoms with E-state index in [9.17, 15) is 14.4 Å². The second kappa shape index (κ2) is 6.36. The molecule has 0 N–H and O–H groups in total. The molecule has 3 fully saturated rings. The van der Waals surface area contributed by atoms with Crippen LogP contribution in [0.5, 0.6) is 0 Å². The first kappa shape index (κ1) is 15.5. The van der Waals surface area contributed by atoms with Crippen molar-refractivity contribution >= 4 is 17.7 Å². The van der Waals surface area contributed by atoms with Gasteiger partial charge in [0.25, 0.3) is 0 Å². The Balaban J connectivity index is 1.59. The smallest absolute Gasteiger partial charge is 0.242 e. The molecule has 2 unspecified atom stereocenters. The number of rotatable bonds is 3. The monoisotopic (exact) mass is 307 g/mol. The Morgan fingerprint density at radius 1 is 1.00 bits per heavy atom. The molecule has 1 aliphatic carbocycles. The van der Waals surface area contributed by atoms with Crippen LogP contribution >= 0.6 is 0 Å². The molecule has 22 heavy (non-hydrogen) atoms. The van der Waals surface area contributed by atoms with Gasteiger partial charge in [-0.2, -0.15) is 0 Å². The van der Waals surface area contributed by atoms with Gasteiger partial charge in [-0.05, 0) is 19.4 Å². The van der Waals surface area contributed by atoms with Crippen molar-refractivity contribution in [3.8, 4) is 0 Å². The fourth-order valence-corrected chi connectivity index (χ4v) is 3.94. The Bertz CT molecular complexity index is 447. The number of imide groups is 1. The average molecular weight is 307 g/mol. The van der Waals surface area contributed by atoms with Crippen LogP contribution in [0.25, 0.3) is 0 Å². The van der Waals surface area contributed by atoms with E-state index in [1.807, 2.05) is 0 Å². The van der Waals surface area contributed by atoms with Gasteiger partial charge < -0.3 is 9.80 Å². The van der Waals surface area contributed by atoms with Gasteiger partial charge in [-0.15, -0.1) is 0 Å². The maximum atomic E-state index is 12.4. The highest BCUT2D eigenvalue weighted by molar-refractivity contribution is 6.07. The number of fused-ring (bicyclic) bond motifs is 1. The number of carbonyl (C=O) groups excluding carboxylic acids is 3. The summed E-state index contributed by atoms with van der Waals surface area (Å²) >= 11 is 0. The van der Waals surface area contributed by atoms with E-state index in [1.165, 1.54) is 4.90 Å². The van der Waals surface area contributed by atoms with Gasteiger partial charge in [-0.3, -0.25) is 19.3 Å². The van der Waals surface area contributed by atoms with E-state index in [0.29, 0.717) is 13.1 Å². The lowest BCUT2D eigenvalue weighted by Gasteiger charge is -2.34. The van der Waals surface area contributed by atoms with Gasteiger partial charge in [0.1, 0.15) is 6.54 Å². The molecule has 2 saturated heterocycles. The quantitative estimate of drug-likeness (QED) is 0.705. The lowest BCUT2D eigenvalue weighted by Crippen LogP contribution is -2.51. The number of likely N-dealkylation sites (N-methyl/N-ethyl adjacent to an activating group) is 1. The van der Waals surface area contributed by atoms with E-state index in [4.69, 9.17) is 0 Å². The average Bonchev–Trinajstić information content (AvgIpc) is 2.80. The second-order valence-electron chi connectivity index (χ2n) is 6.58. The van der Waals surface area contributed by atoms with Gasteiger partial charge in [0.2, 0.25) is 17.7 Å². The lowest BCUT2D eigenvalue weighted by atomic mass is 9.81. The molecule has 0 aromatic heterocycles. The van der Waals surface area contributed by atoms with Crippen LogP contribution in [-0.4, -0.2) is 71.7 Å². The largest absolute Gasteiger partial charge is 0.339 e. The zero-order valence-corrected chi connectivity index (χ0v) is 13.3. The zero-order valence-electron chi connectivity index (χ0n) is 13.3. The summed E-state index contributed by atoms with van der Waals surface area (Å²) in [5.74, 6) is -0.640. The number of amides is 3. The van der Waals surface area contributed by atoms with E-state index in [-0.39, 0.29) is 36.1 Å². The van der Waals surface area contributed by atoms with E-state index in [0.717, 1.165) is 45.3 Å². The van der Waals surface area contributed by atoms with Gasteiger partial charge in [0.15, 0.2) is 0 Å². The summed E-state index contributed by atoms with van der Waals surface area (Å²) in [6, 6.07) is 0. The number of hydrogen-bond donors (Lipinski definition) is 0. The molecule has 3 amide bonds. The Labute approximate surface area is 131 Å². The Morgan fingerprint density at radius 3 is 2.05 bits per heavy atom. The van der Waals surface area contributed by atoms with Crippen LogP contribution in [-0.2, 0) is 14.4 Å². The van der Waals surface area contributed by atoms with E-state index in [2.05, 4.69) is 11.8 Å². The Hall–Kier alpha value is -1.43. The number of piperazine rings is 1. The SMILES string of the molecule is CCN1CCN(C(=O)CN2C(=O)C3CCCCC3C2=O)CC1. The van der Waals surface area contributed by atoms with Crippen molar-refractivity contribution < 1.29 is 14.4 Å². The van der Waals surface area contributed by atoms with Gasteiger partial charge in [0, 0.05) is 26.2 Å². The minimum absolute atomic E-state index is 0.0587. The summed E-state index contributed by atoms with van der Waals surface area (Å²) in [4.78, 5) is 42.5. The molecular formula is C16H25N3O3. The minimum atomic E-state index is -0.161. The molecule has 6 heteroatoms. The van der Waals surface area contributed by atoms with Crippen molar-refractivity contribution in [2.75, 3.05) is 39.3 Å². The molecule has 0 bridgehead atoms. The van der Waals surface area contributed by atoms with E-state index >= 15 is 0 Å². The molecule has 3 rings (SSSR count). The Kier molecular flexibility index (Phi) is 4.47. The minimum Gasteiger partial charge on any atom is -0.339 e. The molecule has 3 aliphatic rings. The molecule has 2 atom stereocenters. The number of carbonyl (C=O) groups is 3. The van der Waals surface area contributed by atoms with Crippen LogP contribution < -0.4 is 0 Å². The van der Waals surface area contributed by atoms with Crippen LogP contribution in [0, 0.1) is 11.8 Å². The highest BCUT2D eigenvalue weighted by Crippen LogP contribution is 2.37. The summed E-state index contributed by atoms with van der Waals surface area (Å²) in [6.07, 6.45) is 3.63. The zero-order chi connectivity index (χ0) is 15.7. The predicted octanol–water partition coefficient (Wildman–Crippen LogP) is 0.326. The first-order valence-electron chi connectivity index (χ1n) is 8.47. The van der Waals surface area contributed by atoms with E-state index < -0.39 is 0 Å². The maximum absolute atomic E-state index is 12.4. The van der Waals surface area contributed by atoms with Gasteiger partial charge in [-0.25, -0.2) is 0 Å². The molecule has 2 aliphatic heterocycles. The third kappa shape index (κ3) is 2.76. The molecule has 122 valence electrons. The van der Waals surface area contributed by atoms with Crippen LogP contribution in [0.2, 0.25) is 0 Å². The second-order valence-corrected chi connectivity index (χ2v) is 6.58. The fraction of sp³-hybridized carbons (Fsp3) is 0.812. The predicted molar refractivity (Wildman–Crippen MR) is 80.9 cm³/mol. The molecule has 0 radical (unpaired) electrons. The summed E-state index contributed by atoms with van der Waals surface area (Å²) in [5.41, 5.74) is 0. The topological polar surface area (TPSA) is 60.9 Å². The third-order valence-electron chi connectivity index (χ3n) is 5.40. The number of likely N-dealkylation sites (tertiary alicyclic amines) is 1. The summed E-state index contributed by atoms with van der Waals surface area (Å²) in [5, 5.41) is 0. The van der Waals surface area contributed by atoms with Crippen molar-refractivity contribution in [1.29, 1.82) is 0 Å². The molecule has 6 nitrogen and oxygen atoms in total. The fourth-order valence-electron chi connectivity index (χ4n) is 3.94. The standard InChI is InChI=1S/C16H25N3O3/c1-2-17-7-9-18(10-8-17)14(20)11-19-15(21)12-5-3-4-6-13(12)16(19)22/h12-13H,2-11H2,1H3. The number of nitrogens with zero attached hydrogens (tertiary/aromatic N) is 3. The third-order valence-corrected chi connectivity index (χ3v) is 5.40. The molecule has 2 heterocycles. The molecule has 0 aromatic rings. The summed E-state index contributed by atoms with van der Waals surface area (Å²) in [6.45, 7) is 6.17. The summed E-state index contributed by atoms with van der Waals surface area (Å²) < 4.78 is 0. The molecule has 1 saturated carbocycles. The van der Waals surface area contributed by atoms with Gasteiger partial charge >= 0.3 is 0 Å². The van der Waals surface area contributed by atoms with Crippen LogP contribution in [0.4, 0.5) is 0 Å². The van der Waals surface area contributed by atoms with Crippen molar-refractivity contribution in [2.45, 2.75) is 32.6 Å². The van der Waals surface area contributed by atoms with Crippen molar-refractivity contribution in [2.24, 2.45) is 11.8 Å². The highest BCUT2D eigenvalue weighted by Gasteiger charge is 2.48. The number of hydrogen-bond acceptors (Lipinski definition) is 4. The van der Waals surface area contributed by atoms with Crippen molar-refractivity contribution in [3.05, 3.63) is 0 Å². The highest BCUT2D eigenvalue weighted by atomic mass is 16.2. The first-order valence-corrected chi connectivity index (χ1v) is 8.47. The lowest BCUT2D eigenvalue weighted by molar-refractivity contribution is -0.147. The molecular weight excluding hydrogens is 282 g/mol. The summed E-state index contributed by atoms with van der Waals surface area (Å²) in [7, 11) is 0. The molecule has 0 aromatic carbocycles. The van der Waals surface area contributed by atoms with Crippen LogP contribution in [0.1, 0.15) is 32.6 Å². The Morgan fingerprint density at radius 2 is 1.55 bits per heavy atom. The first-order chi connectivity index (χ1) is 10.6. The molecule has 0 spiro atoms. The van der Waals surface area contributed by atoms with Crippen molar-refractivity contribution in [1.82, 2.24) is 14.7 Å². The van der Waals surface area contributed by atoms with Gasteiger partial charge in [0.05, 0.1) is 11.8 Å². The maximum Gasteiger partial charge on any atom is 0.242 e. The normalized spacial score (nSPS) is 29.9. The van der Waals surface area contributed by atoms with Gasteiger partial charge in [-0.1, -0.05) is 19.8 Å². The van der Waals surface area contributed by atoms with Crippen LogP contribution in [0.3, 0.4) is 0 Å². The van der Waals surface area contributed by atoms with Crippen LogP contribution in [0.15, 0.2) is 0 Å². The van der Waals surface area contributed by atoms with Crippen molar-refractivity contribution in [3.63, 3.8) is 0 Å².